The summed E-state index contributed by atoms with van der Waals surface area (Å²) in [4.78, 5) is 27.8. The molecule has 0 aliphatic heterocycles. The van der Waals surface area contributed by atoms with Crippen LogP contribution >= 0.6 is 11.8 Å². The predicted octanol–water partition coefficient (Wildman–Crippen LogP) is 4.93. The van der Waals surface area contributed by atoms with Crippen molar-refractivity contribution in [2.24, 2.45) is 5.92 Å². The summed E-state index contributed by atoms with van der Waals surface area (Å²) in [7, 11) is 0. The van der Waals surface area contributed by atoms with Crippen molar-refractivity contribution < 1.29 is 9.59 Å². The van der Waals surface area contributed by atoms with Gasteiger partial charge < -0.3 is 10.2 Å². The highest BCUT2D eigenvalue weighted by molar-refractivity contribution is 7.98. The Morgan fingerprint density at radius 3 is 2.16 bits per heavy atom. The lowest BCUT2D eigenvalue weighted by Crippen LogP contribution is -2.50. The van der Waals surface area contributed by atoms with Gasteiger partial charge in [-0.25, -0.2) is 0 Å². The second-order valence-corrected chi connectivity index (χ2v) is 9.28. The number of nitrogens with one attached hydrogen (secondary N) is 1. The van der Waals surface area contributed by atoms with E-state index in [9.17, 15) is 9.59 Å². The van der Waals surface area contributed by atoms with E-state index in [4.69, 9.17) is 0 Å². The van der Waals surface area contributed by atoms with Crippen LogP contribution in [0.5, 0.6) is 0 Å². The number of benzene rings is 2. The molecule has 5 heteroatoms. The lowest BCUT2D eigenvalue weighted by Gasteiger charge is -2.31. The Bertz CT molecular complexity index is 781. The Hall–Kier alpha value is -2.27. The highest BCUT2D eigenvalue weighted by Crippen LogP contribution is 2.16. The largest absolute Gasteiger partial charge is 0.354 e. The predicted molar refractivity (Wildman–Crippen MR) is 131 cm³/mol. The number of carbonyl (C=O) groups excluding carboxylic acids is 2. The van der Waals surface area contributed by atoms with Crippen molar-refractivity contribution in [3.63, 3.8) is 0 Å². The molecule has 0 aromatic heterocycles. The van der Waals surface area contributed by atoms with E-state index >= 15 is 0 Å². The van der Waals surface area contributed by atoms with Crippen molar-refractivity contribution in [3.05, 3.63) is 71.8 Å². The molecule has 0 heterocycles. The first-order valence-electron chi connectivity index (χ1n) is 11.2. The molecule has 31 heavy (non-hydrogen) atoms. The third-order valence-corrected chi connectivity index (χ3v) is 6.16. The Balaban J connectivity index is 1.98. The van der Waals surface area contributed by atoms with E-state index < -0.39 is 6.04 Å². The Kier molecular flexibility index (Phi) is 11.2. The van der Waals surface area contributed by atoms with Gasteiger partial charge in [-0.2, -0.15) is 11.8 Å². The van der Waals surface area contributed by atoms with Gasteiger partial charge in [-0.3, -0.25) is 9.59 Å². The fourth-order valence-corrected chi connectivity index (χ4v) is 4.28. The molecule has 2 aromatic carbocycles. The van der Waals surface area contributed by atoms with Crippen LogP contribution in [0.3, 0.4) is 0 Å². The fourth-order valence-electron chi connectivity index (χ4n) is 3.39. The molecule has 0 aliphatic carbocycles. The molecule has 0 bridgehead atoms. The fraction of sp³-hybridized carbons (Fsp3) is 0.462. The number of nitrogens with zero attached hydrogens (tertiary/aromatic N) is 1. The summed E-state index contributed by atoms with van der Waals surface area (Å²) in [5, 5.41) is 3.02. The van der Waals surface area contributed by atoms with Gasteiger partial charge in [0.25, 0.3) is 0 Å². The molecule has 1 atom stereocenters. The van der Waals surface area contributed by atoms with Gasteiger partial charge in [0.1, 0.15) is 6.04 Å². The van der Waals surface area contributed by atoms with Crippen molar-refractivity contribution in [1.82, 2.24) is 10.2 Å². The number of hydrogen-bond acceptors (Lipinski definition) is 3. The highest BCUT2D eigenvalue weighted by atomic mass is 32.2. The third-order valence-electron chi connectivity index (χ3n) is 5.13. The zero-order valence-electron chi connectivity index (χ0n) is 19.0. The Labute approximate surface area is 191 Å². The lowest BCUT2D eigenvalue weighted by molar-refractivity contribution is -0.140. The van der Waals surface area contributed by atoms with Gasteiger partial charge in [-0.05, 0) is 29.9 Å². The molecule has 0 saturated carbocycles. The number of carbonyl (C=O) groups is 2. The summed E-state index contributed by atoms with van der Waals surface area (Å²) in [6.45, 7) is 7.31. The summed E-state index contributed by atoms with van der Waals surface area (Å²) in [6, 6.07) is 20.0. The van der Waals surface area contributed by atoms with Gasteiger partial charge in [0.05, 0.1) is 0 Å². The molecule has 0 fully saturated rings. The third kappa shape index (κ3) is 9.18. The van der Waals surface area contributed by atoms with Gasteiger partial charge in [-0.1, -0.05) is 81.4 Å². The molecule has 0 radical (unpaired) electrons. The molecule has 0 aliphatic rings. The minimum Gasteiger partial charge on any atom is -0.354 e. The van der Waals surface area contributed by atoms with Crippen LogP contribution in [0.1, 0.15) is 44.7 Å². The summed E-state index contributed by atoms with van der Waals surface area (Å²) >= 11 is 1.76. The van der Waals surface area contributed by atoms with Gasteiger partial charge in [0, 0.05) is 31.0 Å². The molecular weight excluding hydrogens is 404 g/mol. The molecule has 2 rings (SSSR count). The summed E-state index contributed by atoms with van der Waals surface area (Å²) < 4.78 is 0. The van der Waals surface area contributed by atoms with Crippen LogP contribution < -0.4 is 5.32 Å². The highest BCUT2D eigenvalue weighted by Gasteiger charge is 2.27. The topological polar surface area (TPSA) is 49.4 Å². The first-order chi connectivity index (χ1) is 15.0. The van der Waals surface area contributed by atoms with Crippen molar-refractivity contribution in [1.29, 1.82) is 0 Å². The van der Waals surface area contributed by atoms with Gasteiger partial charge in [-0.15, -0.1) is 0 Å². The van der Waals surface area contributed by atoms with E-state index in [0.717, 1.165) is 17.9 Å². The van der Waals surface area contributed by atoms with Crippen LogP contribution in [0.2, 0.25) is 0 Å². The normalized spacial score (nSPS) is 11.9. The van der Waals surface area contributed by atoms with E-state index in [1.807, 2.05) is 43.3 Å². The Morgan fingerprint density at radius 2 is 1.58 bits per heavy atom. The average molecular weight is 441 g/mol. The van der Waals surface area contributed by atoms with E-state index in [2.05, 4.69) is 43.4 Å². The van der Waals surface area contributed by atoms with Crippen LogP contribution in [0.25, 0.3) is 0 Å². The maximum absolute atomic E-state index is 13.2. The number of rotatable bonds is 13. The molecular formula is C26H36N2O2S. The van der Waals surface area contributed by atoms with Crippen molar-refractivity contribution >= 4 is 23.6 Å². The molecule has 0 spiro atoms. The maximum atomic E-state index is 13.2. The number of hydrogen-bond donors (Lipinski definition) is 1. The molecule has 0 saturated heterocycles. The molecule has 2 aromatic rings. The van der Waals surface area contributed by atoms with E-state index in [1.54, 1.807) is 16.7 Å². The molecule has 168 valence electrons. The second kappa shape index (κ2) is 13.9. The van der Waals surface area contributed by atoms with E-state index in [-0.39, 0.29) is 11.8 Å². The van der Waals surface area contributed by atoms with E-state index in [1.165, 1.54) is 11.1 Å². The maximum Gasteiger partial charge on any atom is 0.242 e. The molecule has 0 unspecified atom stereocenters. The zero-order valence-corrected chi connectivity index (χ0v) is 19.9. The second-order valence-electron chi connectivity index (χ2n) is 8.17. The quantitative estimate of drug-likeness (QED) is 0.449. The standard InChI is InChI=1S/C26H36N2O2S/c1-4-24(26(30)27-19-21(2)3)28(17-15-22-11-7-5-8-12-22)25(29)16-18-31-20-23-13-9-6-10-14-23/h5-14,21,24H,4,15-20H2,1-3H3,(H,27,30)/t24-/m0/s1. The lowest BCUT2D eigenvalue weighted by atomic mass is 10.1. The summed E-state index contributed by atoms with van der Waals surface area (Å²) in [5.74, 6) is 2.03. The van der Waals surface area contributed by atoms with Crippen LogP contribution in [0.15, 0.2) is 60.7 Å². The van der Waals surface area contributed by atoms with Gasteiger partial charge >= 0.3 is 0 Å². The van der Waals surface area contributed by atoms with E-state index in [0.29, 0.717) is 31.8 Å². The van der Waals surface area contributed by atoms with Crippen LogP contribution in [-0.2, 0) is 21.8 Å². The number of amides is 2. The first-order valence-corrected chi connectivity index (χ1v) is 12.4. The van der Waals surface area contributed by atoms with Crippen molar-refractivity contribution in [2.75, 3.05) is 18.8 Å². The SMILES string of the molecule is CC[C@@H](C(=O)NCC(C)C)N(CCc1ccccc1)C(=O)CCSCc1ccccc1. The zero-order chi connectivity index (χ0) is 22.5. The number of thioether (sulfide) groups is 1. The van der Waals surface area contributed by atoms with Gasteiger partial charge in [0.2, 0.25) is 11.8 Å². The molecule has 1 N–H and O–H groups in total. The van der Waals surface area contributed by atoms with Crippen molar-refractivity contribution in [3.8, 4) is 0 Å². The minimum atomic E-state index is -0.422. The van der Waals surface area contributed by atoms with Gasteiger partial charge in [0.15, 0.2) is 0 Å². The monoisotopic (exact) mass is 440 g/mol. The average Bonchev–Trinajstić information content (AvgIpc) is 2.79. The summed E-state index contributed by atoms with van der Waals surface area (Å²) in [5.41, 5.74) is 2.44. The Morgan fingerprint density at radius 1 is 0.968 bits per heavy atom. The van der Waals surface area contributed by atoms with Crippen molar-refractivity contribution in [2.45, 2.75) is 51.8 Å². The van der Waals surface area contributed by atoms with Crippen LogP contribution in [0.4, 0.5) is 0 Å². The molecule has 2 amide bonds. The van der Waals surface area contributed by atoms with Crippen LogP contribution in [-0.4, -0.2) is 41.6 Å². The first kappa shape index (κ1) is 25.0. The molecule has 4 nitrogen and oxygen atoms in total. The smallest absolute Gasteiger partial charge is 0.242 e. The van der Waals surface area contributed by atoms with Crippen LogP contribution in [0, 0.1) is 5.92 Å². The minimum absolute atomic E-state index is 0.0467. The summed E-state index contributed by atoms with van der Waals surface area (Å²) in [6.07, 6.45) is 1.81.